The van der Waals surface area contributed by atoms with Gasteiger partial charge in [-0.1, -0.05) is 67.2 Å². The summed E-state index contributed by atoms with van der Waals surface area (Å²) in [6.07, 6.45) is 1.78. The molecule has 100 valence electrons. The topological polar surface area (TPSA) is 12.9 Å². The first-order valence-corrected chi connectivity index (χ1v) is 8.09. The minimum atomic E-state index is 0.677. The molecule has 0 N–H and O–H groups in total. The molecule has 0 saturated heterocycles. The van der Waals surface area contributed by atoms with E-state index in [4.69, 9.17) is 23.2 Å². The highest BCUT2D eigenvalue weighted by Gasteiger charge is 2.12. The molecule has 3 rings (SSSR count). The van der Waals surface area contributed by atoms with Crippen LogP contribution in [0.5, 0.6) is 0 Å². The fourth-order valence-corrected chi connectivity index (χ4v) is 4.03. The molecule has 0 spiro atoms. The molecule has 0 amide bonds. The van der Waals surface area contributed by atoms with Crippen molar-refractivity contribution >= 4 is 66.0 Å². The van der Waals surface area contributed by atoms with E-state index in [1.807, 2.05) is 36.4 Å². The van der Waals surface area contributed by atoms with Gasteiger partial charge in [-0.05, 0) is 29.8 Å². The van der Waals surface area contributed by atoms with Crippen molar-refractivity contribution in [3.8, 4) is 11.1 Å². The van der Waals surface area contributed by atoms with Gasteiger partial charge in [-0.3, -0.25) is 4.98 Å². The van der Waals surface area contributed by atoms with E-state index < -0.39 is 0 Å². The fraction of sp³-hybridized carbons (Fsp3) is 0. The maximum atomic E-state index is 6.56. The van der Waals surface area contributed by atoms with Crippen LogP contribution >= 0.6 is 55.1 Å². The third-order valence-corrected chi connectivity index (χ3v) is 4.71. The SMILES string of the molecule is Clc1ccc(-c2cnc3cc(Br)cc(Br)c3c2Cl)cc1. The summed E-state index contributed by atoms with van der Waals surface area (Å²) in [5.41, 5.74) is 2.72. The van der Waals surface area contributed by atoms with Gasteiger partial charge in [-0.2, -0.15) is 0 Å². The predicted molar refractivity (Wildman–Crippen MR) is 92.6 cm³/mol. The highest BCUT2D eigenvalue weighted by atomic mass is 79.9. The second-order valence-electron chi connectivity index (χ2n) is 4.27. The summed E-state index contributed by atoms with van der Waals surface area (Å²) in [5.74, 6) is 0. The highest BCUT2D eigenvalue weighted by Crippen LogP contribution is 2.38. The van der Waals surface area contributed by atoms with E-state index in [1.54, 1.807) is 6.20 Å². The van der Waals surface area contributed by atoms with Crippen LogP contribution in [0.3, 0.4) is 0 Å². The monoisotopic (exact) mass is 429 g/mol. The van der Waals surface area contributed by atoms with E-state index in [-0.39, 0.29) is 0 Å². The minimum Gasteiger partial charge on any atom is -0.255 e. The molecule has 1 nitrogen and oxygen atoms in total. The zero-order valence-corrected chi connectivity index (χ0v) is 14.7. The molecule has 0 aliphatic carbocycles. The van der Waals surface area contributed by atoms with Gasteiger partial charge in [0.05, 0.1) is 10.5 Å². The van der Waals surface area contributed by atoms with Gasteiger partial charge in [0.25, 0.3) is 0 Å². The van der Waals surface area contributed by atoms with Gasteiger partial charge in [-0.15, -0.1) is 0 Å². The van der Waals surface area contributed by atoms with Crippen LogP contribution < -0.4 is 0 Å². The van der Waals surface area contributed by atoms with E-state index in [2.05, 4.69) is 36.8 Å². The first-order chi connectivity index (χ1) is 9.56. The first kappa shape index (κ1) is 14.3. The fourth-order valence-electron chi connectivity index (χ4n) is 2.04. The number of halogens is 4. The Balaban J connectivity index is 2.28. The summed E-state index contributed by atoms with van der Waals surface area (Å²) in [4.78, 5) is 4.49. The van der Waals surface area contributed by atoms with Gasteiger partial charge in [0.1, 0.15) is 0 Å². The van der Waals surface area contributed by atoms with Crippen LogP contribution in [0, 0.1) is 0 Å². The molecule has 3 aromatic rings. The normalized spacial score (nSPS) is 11.0. The molecular weight excluding hydrogens is 425 g/mol. The lowest BCUT2D eigenvalue weighted by Crippen LogP contribution is -1.87. The molecule has 1 heterocycles. The molecular formula is C15H7Br2Cl2N. The van der Waals surface area contributed by atoms with Crippen molar-refractivity contribution in [2.24, 2.45) is 0 Å². The van der Waals surface area contributed by atoms with E-state index in [0.29, 0.717) is 10.0 Å². The lowest BCUT2D eigenvalue weighted by atomic mass is 10.1. The van der Waals surface area contributed by atoms with E-state index >= 15 is 0 Å². The zero-order chi connectivity index (χ0) is 14.3. The average molecular weight is 432 g/mol. The Bertz CT molecular complexity index is 801. The highest BCUT2D eigenvalue weighted by molar-refractivity contribution is 9.11. The van der Waals surface area contributed by atoms with Crippen molar-refractivity contribution in [2.75, 3.05) is 0 Å². The number of pyridine rings is 1. The van der Waals surface area contributed by atoms with E-state index in [9.17, 15) is 0 Å². The van der Waals surface area contributed by atoms with Crippen molar-refractivity contribution in [1.29, 1.82) is 0 Å². The smallest absolute Gasteiger partial charge is 0.0740 e. The molecule has 0 aliphatic heterocycles. The summed E-state index contributed by atoms with van der Waals surface area (Å²) in [6, 6.07) is 11.5. The van der Waals surface area contributed by atoms with Crippen LogP contribution in [0.15, 0.2) is 51.5 Å². The summed E-state index contributed by atoms with van der Waals surface area (Å²) >= 11 is 19.5. The Morgan fingerprint density at radius 1 is 0.950 bits per heavy atom. The van der Waals surface area contributed by atoms with Gasteiger partial charge < -0.3 is 0 Å². The van der Waals surface area contributed by atoms with Gasteiger partial charge in [0.15, 0.2) is 0 Å². The molecule has 1 aromatic heterocycles. The second kappa shape index (κ2) is 5.64. The summed E-state index contributed by atoms with van der Waals surface area (Å²) in [7, 11) is 0. The number of hydrogen-bond acceptors (Lipinski definition) is 1. The van der Waals surface area contributed by atoms with E-state index in [0.717, 1.165) is 31.0 Å². The molecule has 20 heavy (non-hydrogen) atoms. The summed E-state index contributed by atoms with van der Waals surface area (Å²) in [5, 5.41) is 2.28. The standard InChI is InChI=1S/C15H7Br2Cl2N/c16-9-5-12(17)14-13(6-9)20-7-11(15(14)19)8-1-3-10(18)4-2-8/h1-7H. The Morgan fingerprint density at radius 2 is 1.65 bits per heavy atom. The third kappa shape index (κ3) is 2.60. The van der Waals surface area contributed by atoms with Crippen molar-refractivity contribution in [2.45, 2.75) is 0 Å². The number of hydrogen-bond donors (Lipinski definition) is 0. The van der Waals surface area contributed by atoms with Crippen LogP contribution in [0.2, 0.25) is 10.0 Å². The number of nitrogens with zero attached hydrogens (tertiary/aromatic N) is 1. The molecule has 0 bridgehead atoms. The molecule has 0 radical (unpaired) electrons. The van der Waals surface area contributed by atoms with Crippen molar-refractivity contribution < 1.29 is 0 Å². The van der Waals surface area contributed by atoms with Gasteiger partial charge in [-0.25, -0.2) is 0 Å². The lowest BCUT2D eigenvalue weighted by molar-refractivity contribution is 1.40. The van der Waals surface area contributed by atoms with Crippen LogP contribution in [-0.2, 0) is 0 Å². The third-order valence-electron chi connectivity index (χ3n) is 2.98. The van der Waals surface area contributed by atoms with Crippen LogP contribution in [-0.4, -0.2) is 4.98 Å². The van der Waals surface area contributed by atoms with Crippen molar-refractivity contribution in [1.82, 2.24) is 4.98 Å². The largest absolute Gasteiger partial charge is 0.255 e. The van der Waals surface area contributed by atoms with E-state index in [1.165, 1.54) is 0 Å². The van der Waals surface area contributed by atoms with Crippen molar-refractivity contribution in [3.63, 3.8) is 0 Å². The maximum Gasteiger partial charge on any atom is 0.0740 e. The Labute approximate surface area is 143 Å². The van der Waals surface area contributed by atoms with Crippen LogP contribution in [0.25, 0.3) is 22.0 Å². The molecule has 0 aliphatic rings. The maximum absolute atomic E-state index is 6.56. The van der Waals surface area contributed by atoms with Gasteiger partial charge in [0.2, 0.25) is 0 Å². The number of benzene rings is 2. The Hall–Kier alpha value is -0.610. The molecule has 5 heteroatoms. The Morgan fingerprint density at radius 3 is 2.35 bits per heavy atom. The quantitative estimate of drug-likeness (QED) is 0.416. The van der Waals surface area contributed by atoms with Gasteiger partial charge >= 0.3 is 0 Å². The molecule has 0 fully saturated rings. The number of rotatable bonds is 1. The molecule has 2 aromatic carbocycles. The predicted octanol–water partition coefficient (Wildman–Crippen LogP) is 6.73. The lowest BCUT2D eigenvalue weighted by Gasteiger charge is -2.09. The number of aromatic nitrogens is 1. The zero-order valence-electron chi connectivity index (χ0n) is 10.0. The summed E-state index contributed by atoms with van der Waals surface area (Å²) in [6.45, 7) is 0. The van der Waals surface area contributed by atoms with Crippen molar-refractivity contribution in [3.05, 3.63) is 61.6 Å². The average Bonchev–Trinajstić information content (AvgIpc) is 2.39. The first-order valence-electron chi connectivity index (χ1n) is 5.75. The molecule has 0 atom stereocenters. The molecule has 0 saturated carbocycles. The second-order valence-corrected chi connectivity index (χ2v) is 6.86. The summed E-state index contributed by atoms with van der Waals surface area (Å²) < 4.78 is 1.87. The van der Waals surface area contributed by atoms with Gasteiger partial charge in [0, 0.05) is 31.1 Å². The Kier molecular flexibility index (Phi) is 4.04. The van der Waals surface area contributed by atoms with Crippen LogP contribution in [0.1, 0.15) is 0 Å². The molecule has 0 unspecified atom stereocenters. The number of fused-ring (bicyclic) bond motifs is 1. The minimum absolute atomic E-state index is 0.677. The van der Waals surface area contributed by atoms with Crippen LogP contribution in [0.4, 0.5) is 0 Å².